The van der Waals surface area contributed by atoms with E-state index < -0.39 is 0 Å². The molecular weight excluding hydrogens is 635 g/mol. The van der Waals surface area contributed by atoms with Crippen LogP contribution in [0.1, 0.15) is 0 Å². The first-order valence-corrected chi connectivity index (χ1v) is 11.7. The summed E-state index contributed by atoms with van der Waals surface area (Å²) in [5.74, 6) is 0.915. The van der Waals surface area contributed by atoms with Crippen molar-refractivity contribution in [3.05, 3.63) is 128 Å². The van der Waals surface area contributed by atoms with Gasteiger partial charge in [0.1, 0.15) is 0 Å². The van der Waals surface area contributed by atoms with E-state index >= 15 is 0 Å². The SMILES string of the molecule is [Ir].[c-]1cccc2c1c1nccnc1c1ccccc21.[c-]1ccccc1-n1c2ccccc2n2ccnc12. The molecule has 179 valence electrons. The molecule has 0 bridgehead atoms. The van der Waals surface area contributed by atoms with Gasteiger partial charge in [-0.25, -0.2) is 4.98 Å². The molecule has 5 nitrogen and oxygen atoms in total. The minimum Gasteiger partial charge on any atom is -0.302 e. The number of nitrogens with zero attached hydrogens (tertiary/aromatic N) is 5. The Bertz CT molecular complexity index is 1790. The Balaban J connectivity index is 0.000000133. The van der Waals surface area contributed by atoms with Crippen LogP contribution in [0.2, 0.25) is 0 Å². The summed E-state index contributed by atoms with van der Waals surface area (Å²) < 4.78 is 4.21. The predicted molar refractivity (Wildman–Crippen MR) is 144 cm³/mol. The summed E-state index contributed by atoms with van der Waals surface area (Å²) in [5.41, 5.74) is 5.18. The molecule has 0 amide bonds. The van der Waals surface area contributed by atoms with Crippen molar-refractivity contribution in [1.82, 2.24) is 23.9 Å². The van der Waals surface area contributed by atoms with E-state index in [0.29, 0.717) is 0 Å². The fourth-order valence-corrected chi connectivity index (χ4v) is 4.87. The monoisotopic (exact) mass is 654 g/mol. The van der Waals surface area contributed by atoms with Crippen LogP contribution in [0, 0.1) is 12.1 Å². The molecule has 1 radical (unpaired) electrons. The van der Waals surface area contributed by atoms with Gasteiger partial charge >= 0.3 is 0 Å². The summed E-state index contributed by atoms with van der Waals surface area (Å²) in [6.07, 6.45) is 7.28. The zero-order valence-electron chi connectivity index (χ0n) is 19.5. The van der Waals surface area contributed by atoms with E-state index in [4.69, 9.17) is 0 Å². The molecule has 8 aromatic rings. The van der Waals surface area contributed by atoms with Crippen molar-refractivity contribution < 1.29 is 20.1 Å². The van der Waals surface area contributed by atoms with Crippen molar-refractivity contribution in [1.29, 1.82) is 0 Å². The van der Waals surface area contributed by atoms with Crippen LogP contribution >= 0.6 is 0 Å². The summed E-state index contributed by atoms with van der Waals surface area (Å²) >= 11 is 0. The Labute approximate surface area is 226 Å². The van der Waals surface area contributed by atoms with Crippen LogP contribution in [0.25, 0.3) is 55.1 Å². The van der Waals surface area contributed by atoms with Crippen LogP contribution in [0.4, 0.5) is 0 Å². The predicted octanol–water partition coefficient (Wildman–Crippen LogP) is 6.81. The molecule has 0 aliphatic heterocycles. The minimum atomic E-state index is 0. The Morgan fingerprint density at radius 2 is 1.27 bits per heavy atom. The maximum atomic E-state index is 4.48. The average Bonchev–Trinajstić information content (AvgIpc) is 3.55. The van der Waals surface area contributed by atoms with E-state index in [1.54, 1.807) is 12.4 Å². The van der Waals surface area contributed by atoms with Crippen molar-refractivity contribution >= 4 is 49.4 Å². The normalized spacial score (nSPS) is 11.0. The molecule has 0 saturated carbocycles. The van der Waals surface area contributed by atoms with Gasteiger partial charge in [-0.15, -0.1) is 35.7 Å². The van der Waals surface area contributed by atoms with Crippen molar-refractivity contribution in [2.75, 3.05) is 0 Å². The van der Waals surface area contributed by atoms with Gasteiger partial charge in [0.05, 0.1) is 16.6 Å². The summed E-state index contributed by atoms with van der Waals surface area (Å²) in [7, 11) is 0. The molecule has 6 heteroatoms. The summed E-state index contributed by atoms with van der Waals surface area (Å²) in [4.78, 5) is 13.4. The minimum absolute atomic E-state index is 0. The molecule has 0 aliphatic carbocycles. The van der Waals surface area contributed by atoms with Gasteiger partial charge in [-0.05, 0) is 17.5 Å². The van der Waals surface area contributed by atoms with Crippen LogP contribution in [0.3, 0.4) is 0 Å². The number of aromatic nitrogens is 5. The molecule has 8 rings (SSSR count). The Morgan fingerprint density at radius 1 is 0.568 bits per heavy atom. The third-order valence-electron chi connectivity index (χ3n) is 6.40. The third-order valence-corrected chi connectivity index (χ3v) is 6.40. The van der Waals surface area contributed by atoms with Gasteiger partial charge in [-0.2, -0.15) is 24.3 Å². The number of para-hydroxylation sites is 3. The molecule has 0 fully saturated rings. The maximum Gasteiger partial charge on any atom is 0.217 e. The second kappa shape index (κ2) is 9.58. The molecule has 3 aromatic heterocycles. The van der Waals surface area contributed by atoms with Crippen LogP contribution in [0.5, 0.6) is 0 Å². The van der Waals surface area contributed by atoms with Crippen LogP contribution < -0.4 is 0 Å². The van der Waals surface area contributed by atoms with E-state index in [-0.39, 0.29) is 20.1 Å². The molecule has 37 heavy (non-hydrogen) atoms. The van der Waals surface area contributed by atoms with Crippen molar-refractivity contribution in [3.8, 4) is 5.69 Å². The number of hydrogen-bond acceptors (Lipinski definition) is 3. The molecule has 0 aliphatic rings. The van der Waals surface area contributed by atoms with Crippen molar-refractivity contribution in [2.45, 2.75) is 0 Å². The van der Waals surface area contributed by atoms with E-state index in [9.17, 15) is 0 Å². The summed E-state index contributed by atoms with van der Waals surface area (Å²) in [6, 6.07) is 37.1. The first-order valence-electron chi connectivity index (χ1n) is 11.7. The fourth-order valence-electron chi connectivity index (χ4n) is 4.87. The Kier molecular flexibility index (Phi) is 5.97. The quantitative estimate of drug-likeness (QED) is 0.145. The topological polar surface area (TPSA) is 48.0 Å². The van der Waals surface area contributed by atoms with Crippen LogP contribution in [-0.2, 0) is 20.1 Å². The van der Waals surface area contributed by atoms with Crippen molar-refractivity contribution in [2.24, 2.45) is 0 Å². The molecule has 0 N–H and O–H groups in total. The summed E-state index contributed by atoms with van der Waals surface area (Å²) in [6.45, 7) is 0. The number of fused-ring (bicyclic) bond motifs is 9. The van der Waals surface area contributed by atoms with Crippen LogP contribution in [-0.4, -0.2) is 23.9 Å². The molecule has 0 unspecified atom stereocenters. The van der Waals surface area contributed by atoms with Crippen LogP contribution in [0.15, 0.2) is 116 Å². The molecule has 0 atom stereocenters. The zero-order valence-corrected chi connectivity index (χ0v) is 21.9. The first-order chi connectivity index (χ1) is 17.9. The van der Waals surface area contributed by atoms with E-state index in [0.717, 1.165) is 44.3 Å². The van der Waals surface area contributed by atoms with Gasteiger partial charge in [0.2, 0.25) is 5.78 Å². The van der Waals surface area contributed by atoms with Gasteiger partial charge < -0.3 is 9.55 Å². The van der Waals surface area contributed by atoms with Gasteiger partial charge in [0.15, 0.2) is 0 Å². The molecule has 0 saturated heterocycles. The smallest absolute Gasteiger partial charge is 0.217 e. The third kappa shape index (κ3) is 3.78. The van der Waals surface area contributed by atoms with Gasteiger partial charge in [0, 0.05) is 50.4 Å². The van der Waals surface area contributed by atoms with E-state index in [1.807, 2.05) is 67.0 Å². The Morgan fingerprint density at radius 3 is 2.11 bits per heavy atom. The Hall–Kier alpha value is -4.38. The molecular formula is C31H19IrN5-2. The number of rotatable bonds is 1. The fraction of sp³-hybridized carbons (Fsp3) is 0. The summed E-state index contributed by atoms with van der Waals surface area (Å²) in [5, 5.41) is 4.57. The maximum absolute atomic E-state index is 4.48. The van der Waals surface area contributed by atoms with Gasteiger partial charge in [-0.1, -0.05) is 52.9 Å². The number of imidazole rings is 2. The number of benzene rings is 5. The van der Waals surface area contributed by atoms with E-state index in [2.05, 4.69) is 72.5 Å². The standard InChI is InChI=1S/C16H9N2.C15H10N3.Ir/c1-3-7-13-11(5-1)12-6-2-4-8-14(12)16-15(13)17-9-10-18-16;1-2-6-12(7-3-1)18-14-9-5-4-8-13(14)17-11-10-16-15(17)18;/h1-7,9-10H;1-6,8-11H;/q2*-1;. The molecule has 5 aromatic carbocycles. The van der Waals surface area contributed by atoms with Crippen molar-refractivity contribution in [3.63, 3.8) is 0 Å². The zero-order chi connectivity index (χ0) is 23.9. The average molecular weight is 654 g/mol. The number of hydrogen-bond donors (Lipinski definition) is 0. The van der Waals surface area contributed by atoms with E-state index in [1.165, 1.54) is 10.8 Å². The first kappa shape index (κ1) is 23.0. The molecule has 3 heterocycles. The second-order valence-electron chi connectivity index (χ2n) is 8.43. The molecule has 0 spiro atoms. The second-order valence-corrected chi connectivity index (χ2v) is 8.43. The largest absolute Gasteiger partial charge is 0.302 e. The van der Waals surface area contributed by atoms with Gasteiger partial charge in [-0.3, -0.25) is 9.38 Å². The van der Waals surface area contributed by atoms with Gasteiger partial charge in [0.25, 0.3) is 0 Å².